The Bertz CT molecular complexity index is 345. The maximum Gasteiger partial charge on any atom is 0.266 e. The Morgan fingerprint density at radius 1 is 1.28 bits per heavy atom. The summed E-state index contributed by atoms with van der Waals surface area (Å²) in [5, 5.41) is 7.46. The van der Waals surface area contributed by atoms with Crippen molar-refractivity contribution in [1.29, 1.82) is 0 Å². The van der Waals surface area contributed by atoms with Gasteiger partial charge in [0.15, 0.2) is 0 Å². The van der Waals surface area contributed by atoms with Crippen LogP contribution in [0.3, 0.4) is 0 Å². The van der Waals surface area contributed by atoms with E-state index < -0.39 is 0 Å². The fourth-order valence-electron chi connectivity index (χ4n) is 2.41. The second-order valence-electron chi connectivity index (χ2n) is 5.05. The first-order valence-electron chi connectivity index (χ1n) is 7.10. The van der Waals surface area contributed by atoms with E-state index in [2.05, 4.69) is 34.2 Å². The molecular weight excluding hydrogens is 228 g/mol. The number of aromatic nitrogens is 2. The lowest BCUT2D eigenvalue weighted by molar-refractivity contribution is 0.362. The van der Waals surface area contributed by atoms with Gasteiger partial charge >= 0.3 is 0 Å². The highest BCUT2D eigenvalue weighted by atomic mass is 16.5. The van der Waals surface area contributed by atoms with Gasteiger partial charge in [0.2, 0.25) is 5.89 Å². The van der Waals surface area contributed by atoms with Crippen LogP contribution in [0.1, 0.15) is 45.4 Å². The Kier molecular flexibility index (Phi) is 4.99. The summed E-state index contributed by atoms with van der Waals surface area (Å²) in [6, 6.07) is 0.382. The van der Waals surface area contributed by atoms with E-state index in [1.807, 2.05) is 0 Å². The molecule has 5 heteroatoms. The molecule has 5 nitrogen and oxygen atoms in total. The topological polar surface area (TPSA) is 54.2 Å². The van der Waals surface area contributed by atoms with Crippen molar-refractivity contribution in [2.45, 2.75) is 52.0 Å². The van der Waals surface area contributed by atoms with Gasteiger partial charge in [-0.3, -0.25) is 0 Å². The molecule has 0 aliphatic carbocycles. The third-order valence-electron chi connectivity index (χ3n) is 3.38. The first-order valence-corrected chi connectivity index (χ1v) is 7.10. The number of nitrogens with one attached hydrogen (secondary N) is 1. The van der Waals surface area contributed by atoms with Crippen LogP contribution in [-0.2, 0) is 6.42 Å². The molecule has 18 heavy (non-hydrogen) atoms. The lowest BCUT2D eigenvalue weighted by atomic mass is 10.2. The summed E-state index contributed by atoms with van der Waals surface area (Å²) in [5.41, 5.74) is 0. The van der Waals surface area contributed by atoms with Gasteiger partial charge in [-0.15, -0.1) is 0 Å². The average Bonchev–Trinajstić information content (AvgIpc) is 2.64. The van der Waals surface area contributed by atoms with Gasteiger partial charge in [0.25, 0.3) is 5.95 Å². The highest BCUT2D eigenvalue weighted by molar-refractivity contribution is 5.27. The predicted octanol–water partition coefficient (Wildman–Crippen LogP) is 1.99. The zero-order chi connectivity index (χ0) is 12.8. The molecule has 1 saturated heterocycles. The van der Waals surface area contributed by atoms with Crippen molar-refractivity contribution in [3.63, 3.8) is 0 Å². The van der Waals surface area contributed by atoms with Gasteiger partial charge in [-0.1, -0.05) is 19.8 Å². The molecule has 2 rings (SSSR count). The quantitative estimate of drug-likeness (QED) is 0.868. The second-order valence-corrected chi connectivity index (χ2v) is 5.05. The number of hydrogen-bond acceptors (Lipinski definition) is 5. The van der Waals surface area contributed by atoms with Gasteiger partial charge in [-0.2, -0.15) is 4.98 Å². The molecule has 0 radical (unpaired) electrons. The molecule has 1 unspecified atom stereocenters. The molecule has 0 saturated carbocycles. The Balaban J connectivity index is 1.92. The molecule has 102 valence electrons. The van der Waals surface area contributed by atoms with Crippen molar-refractivity contribution < 1.29 is 4.52 Å². The number of hydrogen-bond donors (Lipinski definition) is 1. The summed E-state index contributed by atoms with van der Waals surface area (Å²) in [5.74, 6) is 1.51. The lowest BCUT2D eigenvalue weighted by Crippen LogP contribution is -2.28. The Hall–Kier alpha value is -1.10. The molecule has 1 atom stereocenters. The van der Waals surface area contributed by atoms with Crippen molar-refractivity contribution in [1.82, 2.24) is 15.5 Å². The number of rotatable bonds is 5. The fraction of sp³-hybridized carbons (Fsp3) is 0.846. The first kappa shape index (κ1) is 13.3. The van der Waals surface area contributed by atoms with Crippen molar-refractivity contribution in [3.05, 3.63) is 5.89 Å². The number of nitrogens with zero attached hydrogens (tertiary/aromatic N) is 3. The largest absolute Gasteiger partial charge is 0.338 e. The molecule has 0 spiro atoms. The van der Waals surface area contributed by atoms with Crippen LogP contribution < -0.4 is 10.2 Å². The van der Waals surface area contributed by atoms with Crippen molar-refractivity contribution in [3.8, 4) is 0 Å². The fourth-order valence-corrected chi connectivity index (χ4v) is 2.41. The van der Waals surface area contributed by atoms with E-state index >= 15 is 0 Å². The maximum absolute atomic E-state index is 5.33. The minimum absolute atomic E-state index is 0.382. The monoisotopic (exact) mass is 252 g/mol. The van der Waals surface area contributed by atoms with Crippen molar-refractivity contribution in [2.24, 2.45) is 0 Å². The Labute approximate surface area is 109 Å². The standard InChI is InChI=1S/C13H24N4O/c1-3-14-11(2)10-12-15-13(16-18-12)17-8-6-4-5-7-9-17/h11,14H,3-10H2,1-2H3. The summed E-state index contributed by atoms with van der Waals surface area (Å²) in [6.45, 7) is 7.32. The van der Waals surface area contributed by atoms with E-state index in [4.69, 9.17) is 4.52 Å². The molecular formula is C13H24N4O. The normalized spacial score (nSPS) is 18.7. The molecule has 1 aliphatic heterocycles. The van der Waals surface area contributed by atoms with Crippen molar-refractivity contribution in [2.75, 3.05) is 24.5 Å². The molecule has 1 aliphatic rings. The minimum atomic E-state index is 0.382. The molecule has 0 amide bonds. The Morgan fingerprint density at radius 2 is 2.00 bits per heavy atom. The van der Waals surface area contributed by atoms with Gasteiger partial charge in [0.05, 0.1) is 0 Å². The molecule has 1 N–H and O–H groups in total. The van der Waals surface area contributed by atoms with E-state index in [9.17, 15) is 0 Å². The van der Waals surface area contributed by atoms with Gasteiger partial charge < -0.3 is 14.7 Å². The third kappa shape index (κ3) is 3.70. The summed E-state index contributed by atoms with van der Waals surface area (Å²) in [7, 11) is 0. The molecule has 2 heterocycles. The van der Waals surface area contributed by atoms with E-state index in [1.54, 1.807) is 0 Å². The van der Waals surface area contributed by atoms with Crippen LogP contribution in [0.5, 0.6) is 0 Å². The predicted molar refractivity (Wildman–Crippen MR) is 71.8 cm³/mol. The highest BCUT2D eigenvalue weighted by Gasteiger charge is 2.16. The van der Waals surface area contributed by atoms with Crippen LogP contribution in [0.2, 0.25) is 0 Å². The summed E-state index contributed by atoms with van der Waals surface area (Å²) in [4.78, 5) is 6.75. The summed E-state index contributed by atoms with van der Waals surface area (Å²) < 4.78 is 5.33. The van der Waals surface area contributed by atoms with Crippen LogP contribution in [0, 0.1) is 0 Å². The summed E-state index contributed by atoms with van der Waals surface area (Å²) in [6.07, 6.45) is 5.90. The zero-order valence-corrected chi connectivity index (χ0v) is 11.5. The SMILES string of the molecule is CCNC(C)Cc1nc(N2CCCCCC2)no1. The second kappa shape index (κ2) is 6.73. The highest BCUT2D eigenvalue weighted by Crippen LogP contribution is 2.16. The number of likely N-dealkylation sites (N-methyl/N-ethyl adjacent to an activating group) is 1. The summed E-state index contributed by atoms with van der Waals surface area (Å²) >= 11 is 0. The molecule has 0 bridgehead atoms. The number of anilines is 1. The molecule has 0 aromatic carbocycles. The van der Waals surface area contributed by atoms with Crippen LogP contribution in [-0.4, -0.2) is 35.8 Å². The lowest BCUT2D eigenvalue weighted by Gasteiger charge is -2.16. The van der Waals surface area contributed by atoms with Gasteiger partial charge in [-0.05, 0) is 31.5 Å². The molecule has 1 fully saturated rings. The van der Waals surface area contributed by atoms with Crippen LogP contribution in [0.4, 0.5) is 5.95 Å². The maximum atomic E-state index is 5.33. The first-order chi connectivity index (χ1) is 8.79. The van der Waals surface area contributed by atoms with Crippen LogP contribution in [0.15, 0.2) is 4.52 Å². The average molecular weight is 252 g/mol. The van der Waals surface area contributed by atoms with E-state index in [0.29, 0.717) is 6.04 Å². The van der Waals surface area contributed by atoms with Gasteiger partial charge in [0, 0.05) is 25.6 Å². The van der Waals surface area contributed by atoms with E-state index in [-0.39, 0.29) is 0 Å². The minimum Gasteiger partial charge on any atom is -0.338 e. The zero-order valence-electron chi connectivity index (χ0n) is 11.5. The van der Waals surface area contributed by atoms with E-state index in [0.717, 1.165) is 37.9 Å². The third-order valence-corrected chi connectivity index (χ3v) is 3.38. The molecule has 1 aromatic heterocycles. The Morgan fingerprint density at radius 3 is 2.67 bits per heavy atom. The van der Waals surface area contributed by atoms with Gasteiger partial charge in [-0.25, -0.2) is 0 Å². The van der Waals surface area contributed by atoms with Crippen molar-refractivity contribution >= 4 is 5.95 Å². The van der Waals surface area contributed by atoms with Gasteiger partial charge in [0.1, 0.15) is 0 Å². The van der Waals surface area contributed by atoms with Crippen LogP contribution >= 0.6 is 0 Å². The van der Waals surface area contributed by atoms with E-state index in [1.165, 1.54) is 25.7 Å². The molecule has 1 aromatic rings. The smallest absolute Gasteiger partial charge is 0.266 e. The van der Waals surface area contributed by atoms with Crippen LogP contribution in [0.25, 0.3) is 0 Å².